The fraction of sp³-hybridized carbons (Fsp3) is 0.556. The Bertz CT molecular complexity index is 567. The minimum absolute atomic E-state index is 0.0297. The maximum Gasteiger partial charge on any atom is 0.239 e. The van der Waals surface area contributed by atoms with Crippen molar-refractivity contribution in [3.05, 3.63) is 35.6 Å². The van der Waals surface area contributed by atoms with Gasteiger partial charge in [-0.15, -0.1) is 0 Å². The molecule has 2 N–H and O–H groups in total. The van der Waals surface area contributed by atoms with Crippen LogP contribution in [0.1, 0.15) is 50.0 Å². The first-order valence-corrected chi connectivity index (χ1v) is 8.43. The first kappa shape index (κ1) is 16.0. The molecule has 2 fully saturated rings. The van der Waals surface area contributed by atoms with Gasteiger partial charge in [0.25, 0.3) is 0 Å². The van der Waals surface area contributed by atoms with Crippen molar-refractivity contribution in [1.82, 2.24) is 10.6 Å². The van der Waals surface area contributed by atoms with Gasteiger partial charge in [-0.2, -0.15) is 0 Å². The van der Waals surface area contributed by atoms with Gasteiger partial charge in [-0.05, 0) is 42.9 Å². The molecule has 0 radical (unpaired) electrons. The van der Waals surface area contributed by atoms with Gasteiger partial charge in [0.15, 0.2) is 0 Å². The van der Waals surface area contributed by atoms with E-state index in [4.69, 9.17) is 0 Å². The number of halogens is 1. The fourth-order valence-corrected chi connectivity index (χ4v) is 3.42. The molecule has 0 saturated heterocycles. The smallest absolute Gasteiger partial charge is 0.239 e. The Morgan fingerprint density at radius 3 is 2.48 bits per heavy atom. The number of rotatable bonds is 6. The van der Waals surface area contributed by atoms with Crippen LogP contribution in [0.2, 0.25) is 0 Å². The Kier molecular flexibility index (Phi) is 4.94. The third-order valence-electron chi connectivity index (χ3n) is 4.83. The maximum atomic E-state index is 12.9. The topological polar surface area (TPSA) is 58.2 Å². The number of carbonyl (C=O) groups is 2. The fourth-order valence-electron chi connectivity index (χ4n) is 3.42. The molecule has 4 nitrogen and oxygen atoms in total. The Balaban J connectivity index is 1.35. The maximum absolute atomic E-state index is 12.9. The van der Waals surface area contributed by atoms with Crippen molar-refractivity contribution in [3.63, 3.8) is 0 Å². The molecule has 23 heavy (non-hydrogen) atoms. The van der Waals surface area contributed by atoms with E-state index in [1.807, 2.05) is 0 Å². The molecule has 1 aromatic rings. The van der Waals surface area contributed by atoms with Crippen LogP contribution in [-0.4, -0.2) is 24.4 Å². The molecular formula is C18H23FN2O2. The molecule has 0 spiro atoms. The van der Waals surface area contributed by atoms with Crippen LogP contribution in [0.5, 0.6) is 0 Å². The Labute approximate surface area is 135 Å². The van der Waals surface area contributed by atoms with E-state index in [0.717, 1.165) is 24.8 Å². The lowest BCUT2D eigenvalue weighted by Gasteiger charge is -2.10. The summed E-state index contributed by atoms with van der Waals surface area (Å²) in [6.45, 7) is 0.0399. The summed E-state index contributed by atoms with van der Waals surface area (Å²) in [5, 5.41) is 5.62. The van der Waals surface area contributed by atoms with Crippen molar-refractivity contribution in [3.8, 4) is 0 Å². The average Bonchev–Trinajstić information content (AvgIpc) is 3.09. The lowest BCUT2D eigenvalue weighted by molar-refractivity contribution is -0.126. The van der Waals surface area contributed by atoms with E-state index in [1.54, 1.807) is 12.1 Å². The van der Waals surface area contributed by atoms with Gasteiger partial charge in [0.1, 0.15) is 5.82 Å². The second kappa shape index (κ2) is 7.11. The van der Waals surface area contributed by atoms with Crippen LogP contribution in [0.15, 0.2) is 24.3 Å². The van der Waals surface area contributed by atoms with Gasteiger partial charge in [-0.25, -0.2) is 4.39 Å². The van der Waals surface area contributed by atoms with E-state index < -0.39 is 0 Å². The van der Waals surface area contributed by atoms with Crippen LogP contribution in [0.4, 0.5) is 4.39 Å². The van der Waals surface area contributed by atoms with Crippen molar-refractivity contribution >= 4 is 11.8 Å². The predicted octanol–water partition coefficient (Wildman–Crippen LogP) is 2.49. The molecule has 1 aromatic carbocycles. The Morgan fingerprint density at radius 1 is 1.09 bits per heavy atom. The molecule has 3 rings (SSSR count). The molecular weight excluding hydrogens is 295 g/mol. The van der Waals surface area contributed by atoms with E-state index in [9.17, 15) is 14.0 Å². The summed E-state index contributed by atoms with van der Waals surface area (Å²) in [5.74, 6) is 0.315. The zero-order valence-electron chi connectivity index (χ0n) is 13.2. The van der Waals surface area contributed by atoms with Crippen molar-refractivity contribution in [2.75, 3.05) is 6.54 Å². The van der Waals surface area contributed by atoms with Crippen LogP contribution in [-0.2, 0) is 9.59 Å². The van der Waals surface area contributed by atoms with E-state index >= 15 is 0 Å². The second-order valence-electron chi connectivity index (χ2n) is 6.70. The zero-order valence-corrected chi connectivity index (χ0v) is 13.2. The Morgan fingerprint density at radius 2 is 1.78 bits per heavy atom. The molecule has 2 aliphatic carbocycles. The standard InChI is InChI=1S/C18H23FN2O2/c19-14-7-5-13(6-8-14)15-10-16(15)21-18(23)11-20-17(22)9-12-3-1-2-4-12/h5-8,12,15-16H,1-4,9-11H2,(H,20,22)(H,21,23)/t15-,16+/m0/s1. The van der Waals surface area contributed by atoms with Crippen molar-refractivity contribution in [1.29, 1.82) is 0 Å². The predicted molar refractivity (Wildman–Crippen MR) is 85.3 cm³/mol. The largest absolute Gasteiger partial charge is 0.351 e. The molecule has 124 valence electrons. The van der Waals surface area contributed by atoms with Gasteiger partial charge in [-0.1, -0.05) is 25.0 Å². The molecule has 5 heteroatoms. The van der Waals surface area contributed by atoms with Crippen LogP contribution in [0, 0.1) is 11.7 Å². The van der Waals surface area contributed by atoms with Gasteiger partial charge < -0.3 is 10.6 Å². The van der Waals surface area contributed by atoms with Gasteiger partial charge in [-0.3, -0.25) is 9.59 Å². The monoisotopic (exact) mass is 318 g/mol. The number of hydrogen-bond acceptors (Lipinski definition) is 2. The first-order valence-electron chi connectivity index (χ1n) is 8.43. The molecule has 0 unspecified atom stereocenters. The molecule has 0 aromatic heterocycles. The van der Waals surface area contributed by atoms with Crippen molar-refractivity contribution < 1.29 is 14.0 Å². The molecule has 2 saturated carbocycles. The summed E-state index contributed by atoms with van der Waals surface area (Å²) in [6.07, 6.45) is 6.08. The second-order valence-corrected chi connectivity index (χ2v) is 6.70. The summed E-state index contributed by atoms with van der Waals surface area (Å²) in [4.78, 5) is 23.7. The zero-order chi connectivity index (χ0) is 16.2. The van der Waals surface area contributed by atoms with Crippen LogP contribution in [0.25, 0.3) is 0 Å². The summed E-state index contributed by atoms with van der Waals surface area (Å²) in [6, 6.07) is 6.50. The molecule has 0 aliphatic heterocycles. The number of nitrogens with one attached hydrogen (secondary N) is 2. The number of benzene rings is 1. The molecule has 0 heterocycles. The minimum atomic E-state index is -0.250. The number of hydrogen-bond donors (Lipinski definition) is 2. The molecule has 2 amide bonds. The highest BCUT2D eigenvalue weighted by Gasteiger charge is 2.39. The van der Waals surface area contributed by atoms with Crippen molar-refractivity contribution in [2.45, 2.75) is 50.5 Å². The highest BCUT2D eigenvalue weighted by molar-refractivity contribution is 5.85. The highest BCUT2D eigenvalue weighted by Crippen LogP contribution is 2.40. The SMILES string of the molecule is O=C(CC1CCCC1)NCC(=O)N[C@@H]1C[C@H]1c1ccc(F)cc1. The molecule has 2 aliphatic rings. The summed E-state index contributed by atoms with van der Waals surface area (Å²) < 4.78 is 12.9. The minimum Gasteiger partial charge on any atom is -0.351 e. The lowest BCUT2D eigenvalue weighted by atomic mass is 10.0. The number of amides is 2. The van der Waals surface area contributed by atoms with E-state index in [0.29, 0.717) is 12.3 Å². The van der Waals surface area contributed by atoms with Crippen molar-refractivity contribution in [2.24, 2.45) is 5.92 Å². The van der Waals surface area contributed by atoms with E-state index in [2.05, 4.69) is 10.6 Å². The Hall–Kier alpha value is -1.91. The lowest BCUT2D eigenvalue weighted by Crippen LogP contribution is -2.38. The van der Waals surface area contributed by atoms with Crippen LogP contribution >= 0.6 is 0 Å². The highest BCUT2D eigenvalue weighted by atomic mass is 19.1. The first-order chi connectivity index (χ1) is 11.1. The number of carbonyl (C=O) groups excluding carboxylic acids is 2. The molecule has 0 bridgehead atoms. The van der Waals surface area contributed by atoms with Gasteiger partial charge in [0.2, 0.25) is 11.8 Å². The van der Waals surface area contributed by atoms with Gasteiger partial charge >= 0.3 is 0 Å². The average molecular weight is 318 g/mol. The third-order valence-corrected chi connectivity index (χ3v) is 4.83. The van der Waals surface area contributed by atoms with E-state index in [1.165, 1.54) is 25.0 Å². The summed E-state index contributed by atoms with van der Waals surface area (Å²) in [7, 11) is 0. The van der Waals surface area contributed by atoms with Crippen LogP contribution < -0.4 is 10.6 Å². The van der Waals surface area contributed by atoms with Crippen LogP contribution in [0.3, 0.4) is 0 Å². The normalized spacial score (nSPS) is 23.5. The summed E-state index contributed by atoms with van der Waals surface area (Å²) in [5.41, 5.74) is 1.04. The third kappa shape index (κ3) is 4.53. The molecule has 2 atom stereocenters. The van der Waals surface area contributed by atoms with E-state index in [-0.39, 0.29) is 36.1 Å². The van der Waals surface area contributed by atoms with Gasteiger partial charge in [0.05, 0.1) is 6.54 Å². The quantitative estimate of drug-likeness (QED) is 0.846. The summed E-state index contributed by atoms with van der Waals surface area (Å²) >= 11 is 0. The van der Waals surface area contributed by atoms with Gasteiger partial charge in [0, 0.05) is 18.4 Å².